The average Bonchev–Trinajstić information content (AvgIpc) is 2.64. The van der Waals surface area contributed by atoms with Crippen LogP contribution in [0.4, 0.5) is 24.7 Å². The van der Waals surface area contributed by atoms with Crippen molar-refractivity contribution >= 4 is 21.5 Å². The van der Waals surface area contributed by atoms with Crippen LogP contribution in [-0.2, 0) is 17.1 Å². The minimum absolute atomic E-state index is 0.211. The molecule has 1 heterocycles. The van der Waals surface area contributed by atoms with Gasteiger partial charge in [0.25, 0.3) is 10.0 Å². The van der Waals surface area contributed by atoms with Crippen LogP contribution < -0.4 is 10.5 Å². The zero-order valence-corrected chi connectivity index (χ0v) is 11.8. The Kier molecular flexibility index (Phi) is 3.58. The third-order valence-corrected chi connectivity index (χ3v) is 4.38. The number of hydrogen-bond donors (Lipinski definition) is 2. The van der Waals surface area contributed by atoms with Crippen molar-refractivity contribution < 1.29 is 21.6 Å². The maximum Gasteiger partial charge on any atom is 0.267 e. The van der Waals surface area contributed by atoms with Gasteiger partial charge in [-0.15, -0.1) is 0 Å². The first kappa shape index (κ1) is 15.2. The predicted molar refractivity (Wildman–Crippen MR) is 69.5 cm³/mol. The standard InChI is InChI=1S/C11H11F3N4O2S/c1-5-10(11(15)16-18(5)2)21(19,20)17-7-4-3-6(12)8(13)9(7)14/h3-4,17H,1-2H3,(H2,15,16). The van der Waals surface area contributed by atoms with E-state index >= 15 is 0 Å². The monoisotopic (exact) mass is 320 g/mol. The summed E-state index contributed by atoms with van der Waals surface area (Å²) in [6.07, 6.45) is 0. The van der Waals surface area contributed by atoms with E-state index in [1.807, 2.05) is 4.72 Å². The van der Waals surface area contributed by atoms with E-state index in [1.165, 1.54) is 18.7 Å². The number of sulfonamides is 1. The lowest BCUT2D eigenvalue weighted by Gasteiger charge is -2.09. The van der Waals surface area contributed by atoms with Crippen LogP contribution in [0.3, 0.4) is 0 Å². The third-order valence-electron chi connectivity index (χ3n) is 2.85. The van der Waals surface area contributed by atoms with Gasteiger partial charge in [0.2, 0.25) is 0 Å². The lowest BCUT2D eigenvalue weighted by molar-refractivity contribution is 0.449. The van der Waals surface area contributed by atoms with Crippen LogP contribution in [0, 0.1) is 24.4 Å². The van der Waals surface area contributed by atoms with Crippen LogP contribution in [0.1, 0.15) is 5.69 Å². The van der Waals surface area contributed by atoms with E-state index in [1.54, 1.807) is 0 Å². The average molecular weight is 320 g/mol. The lowest BCUT2D eigenvalue weighted by atomic mass is 10.3. The molecule has 6 nitrogen and oxygen atoms in total. The molecule has 0 saturated carbocycles. The van der Waals surface area contributed by atoms with Gasteiger partial charge in [0.1, 0.15) is 0 Å². The van der Waals surface area contributed by atoms with Gasteiger partial charge in [0.05, 0.1) is 11.4 Å². The van der Waals surface area contributed by atoms with E-state index in [4.69, 9.17) is 5.73 Å². The fourth-order valence-electron chi connectivity index (χ4n) is 1.75. The van der Waals surface area contributed by atoms with Crippen LogP contribution in [0.25, 0.3) is 0 Å². The molecule has 10 heteroatoms. The molecule has 0 aliphatic carbocycles. The first-order valence-corrected chi connectivity index (χ1v) is 7.09. The lowest BCUT2D eigenvalue weighted by Crippen LogP contribution is -2.16. The number of benzene rings is 1. The summed E-state index contributed by atoms with van der Waals surface area (Å²) in [4.78, 5) is -0.353. The third kappa shape index (κ3) is 2.53. The van der Waals surface area contributed by atoms with Crippen molar-refractivity contribution in [3.05, 3.63) is 35.3 Å². The Balaban J connectivity index is 2.50. The number of rotatable bonds is 3. The van der Waals surface area contributed by atoms with E-state index in [2.05, 4.69) is 5.10 Å². The summed E-state index contributed by atoms with van der Waals surface area (Å²) in [5.74, 6) is -5.12. The zero-order chi connectivity index (χ0) is 15.9. The second kappa shape index (κ2) is 4.95. The van der Waals surface area contributed by atoms with Crippen molar-refractivity contribution in [3.63, 3.8) is 0 Å². The molecule has 0 aliphatic rings. The van der Waals surface area contributed by atoms with E-state index < -0.39 is 33.2 Å². The highest BCUT2D eigenvalue weighted by atomic mass is 32.2. The molecule has 1 aromatic carbocycles. The van der Waals surface area contributed by atoms with Gasteiger partial charge in [-0.1, -0.05) is 0 Å². The Hall–Kier alpha value is -2.23. The SMILES string of the molecule is Cc1c(S(=O)(=O)Nc2ccc(F)c(F)c2F)c(N)nn1C. The molecule has 2 rings (SSSR count). The van der Waals surface area contributed by atoms with Crippen molar-refractivity contribution in [2.45, 2.75) is 11.8 Å². The normalized spacial score (nSPS) is 11.7. The van der Waals surface area contributed by atoms with Crippen LogP contribution in [0.5, 0.6) is 0 Å². The zero-order valence-electron chi connectivity index (χ0n) is 11.0. The fourth-order valence-corrected chi connectivity index (χ4v) is 3.13. The topological polar surface area (TPSA) is 90.0 Å². The maximum absolute atomic E-state index is 13.5. The summed E-state index contributed by atoms with van der Waals surface area (Å²) in [5, 5.41) is 3.72. The van der Waals surface area contributed by atoms with Gasteiger partial charge in [0.15, 0.2) is 28.2 Å². The van der Waals surface area contributed by atoms with Crippen LogP contribution in [-0.4, -0.2) is 18.2 Å². The minimum atomic E-state index is -4.29. The van der Waals surface area contributed by atoms with Gasteiger partial charge in [0, 0.05) is 7.05 Å². The molecule has 0 bridgehead atoms. The molecule has 0 atom stereocenters. The smallest absolute Gasteiger partial charge is 0.267 e. The van der Waals surface area contributed by atoms with E-state index in [0.29, 0.717) is 6.07 Å². The minimum Gasteiger partial charge on any atom is -0.381 e. The molecule has 2 aromatic rings. The molecule has 0 fully saturated rings. The summed E-state index contributed by atoms with van der Waals surface area (Å²) in [6.45, 7) is 1.44. The summed E-state index contributed by atoms with van der Waals surface area (Å²) >= 11 is 0. The Bertz CT molecular complexity index is 817. The number of anilines is 2. The second-order valence-electron chi connectivity index (χ2n) is 4.25. The Morgan fingerprint density at radius 3 is 2.38 bits per heavy atom. The van der Waals surface area contributed by atoms with E-state index in [0.717, 1.165) is 6.07 Å². The number of halogens is 3. The largest absolute Gasteiger partial charge is 0.381 e. The van der Waals surface area contributed by atoms with Crippen molar-refractivity contribution in [3.8, 4) is 0 Å². The van der Waals surface area contributed by atoms with E-state index in [9.17, 15) is 21.6 Å². The van der Waals surface area contributed by atoms with Crippen molar-refractivity contribution in [1.82, 2.24) is 9.78 Å². The molecule has 114 valence electrons. The van der Waals surface area contributed by atoms with Crippen molar-refractivity contribution in [1.29, 1.82) is 0 Å². The summed E-state index contributed by atoms with van der Waals surface area (Å²) in [6, 6.07) is 1.38. The molecule has 0 aliphatic heterocycles. The summed E-state index contributed by atoms with van der Waals surface area (Å²) in [5.41, 5.74) is 4.98. The van der Waals surface area contributed by atoms with Gasteiger partial charge in [-0.05, 0) is 19.1 Å². The highest BCUT2D eigenvalue weighted by molar-refractivity contribution is 7.93. The number of hydrogen-bond acceptors (Lipinski definition) is 4. The Morgan fingerprint density at radius 1 is 1.24 bits per heavy atom. The highest BCUT2D eigenvalue weighted by Gasteiger charge is 2.26. The van der Waals surface area contributed by atoms with Gasteiger partial charge in [-0.2, -0.15) is 5.10 Å². The Morgan fingerprint density at radius 2 is 1.86 bits per heavy atom. The second-order valence-corrected chi connectivity index (χ2v) is 5.87. The number of nitrogen functional groups attached to an aromatic ring is 1. The van der Waals surface area contributed by atoms with Crippen molar-refractivity contribution in [2.75, 3.05) is 10.5 Å². The first-order valence-electron chi connectivity index (χ1n) is 5.60. The molecule has 0 amide bonds. The predicted octanol–water partition coefficient (Wildman–Crippen LogP) is 1.53. The number of nitrogens with one attached hydrogen (secondary N) is 1. The van der Waals surface area contributed by atoms with Crippen LogP contribution in [0.2, 0.25) is 0 Å². The molecule has 0 radical (unpaired) electrons. The molecular formula is C11H11F3N4O2S. The number of aryl methyl sites for hydroxylation is 1. The van der Waals surface area contributed by atoms with Gasteiger partial charge >= 0.3 is 0 Å². The quantitative estimate of drug-likeness (QED) is 0.839. The molecule has 0 unspecified atom stereocenters. The molecular weight excluding hydrogens is 309 g/mol. The molecule has 3 N–H and O–H groups in total. The van der Waals surface area contributed by atoms with Gasteiger partial charge < -0.3 is 5.73 Å². The molecule has 0 saturated heterocycles. The summed E-state index contributed by atoms with van der Waals surface area (Å²) < 4.78 is 66.9. The van der Waals surface area contributed by atoms with Crippen LogP contribution >= 0.6 is 0 Å². The highest BCUT2D eigenvalue weighted by Crippen LogP contribution is 2.26. The fraction of sp³-hybridized carbons (Fsp3) is 0.182. The molecule has 1 aromatic heterocycles. The number of nitrogens with zero attached hydrogens (tertiary/aromatic N) is 2. The maximum atomic E-state index is 13.5. The summed E-state index contributed by atoms with van der Waals surface area (Å²) in [7, 11) is -2.82. The van der Waals surface area contributed by atoms with Gasteiger partial charge in [-0.3, -0.25) is 9.40 Å². The van der Waals surface area contributed by atoms with Gasteiger partial charge in [-0.25, -0.2) is 21.6 Å². The van der Waals surface area contributed by atoms with Crippen LogP contribution in [0.15, 0.2) is 17.0 Å². The van der Waals surface area contributed by atoms with Crippen molar-refractivity contribution in [2.24, 2.45) is 7.05 Å². The molecule has 0 spiro atoms. The number of nitrogens with two attached hydrogens (primary N) is 1. The van der Waals surface area contributed by atoms with E-state index in [-0.39, 0.29) is 16.4 Å². The first-order chi connectivity index (χ1) is 9.65. The molecule has 21 heavy (non-hydrogen) atoms. The number of aromatic nitrogens is 2. The Labute approximate surface area is 118 Å².